The van der Waals surface area contributed by atoms with Crippen LogP contribution in [-0.4, -0.2) is 30.4 Å². The molecule has 2 aliphatic heterocycles. The van der Waals surface area contributed by atoms with Gasteiger partial charge in [0.1, 0.15) is 12.7 Å². The van der Waals surface area contributed by atoms with Crippen LogP contribution in [0.5, 0.6) is 0 Å². The Hall–Kier alpha value is -1.29. The topological polar surface area (TPSA) is 55.8 Å². The van der Waals surface area contributed by atoms with Crippen molar-refractivity contribution in [2.24, 2.45) is 5.92 Å². The van der Waals surface area contributed by atoms with Crippen LogP contribution in [0.25, 0.3) is 0 Å². The molecule has 0 radical (unpaired) electrons. The molecule has 76 valence electrons. The molecule has 0 aromatic carbocycles. The fourth-order valence-electron chi connectivity index (χ4n) is 1.75. The van der Waals surface area contributed by atoms with Crippen LogP contribution in [0.2, 0.25) is 0 Å². The summed E-state index contributed by atoms with van der Waals surface area (Å²) in [6.45, 7) is 2.14. The molecule has 2 rings (SSSR count). The average molecular weight is 196 g/mol. The zero-order valence-electron chi connectivity index (χ0n) is 7.90. The second kappa shape index (κ2) is 3.46. The number of carbonyl (C=O) groups is 1. The summed E-state index contributed by atoms with van der Waals surface area (Å²) in [6.07, 6.45) is 3.15. The van der Waals surface area contributed by atoms with Crippen LogP contribution in [0.3, 0.4) is 0 Å². The van der Waals surface area contributed by atoms with Gasteiger partial charge in [-0.1, -0.05) is 0 Å². The van der Waals surface area contributed by atoms with Crippen molar-refractivity contribution in [1.82, 2.24) is 0 Å². The van der Waals surface area contributed by atoms with E-state index < -0.39 is 0 Å². The first-order valence-corrected chi connectivity index (χ1v) is 4.58. The molecule has 0 saturated heterocycles. The molecule has 0 bridgehead atoms. The minimum absolute atomic E-state index is 0.0163. The zero-order chi connectivity index (χ0) is 10.1. The quantitative estimate of drug-likeness (QED) is 0.616. The lowest BCUT2D eigenvalue weighted by atomic mass is 9.86. The van der Waals surface area contributed by atoms with E-state index >= 15 is 0 Å². The molecule has 1 N–H and O–H groups in total. The van der Waals surface area contributed by atoms with Gasteiger partial charge in [0.15, 0.2) is 0 Å². The highest BCUT2D eigenvalue weighted by Gasteiger charge is 2.34. The first-order valence-electron chi connectivity index (χ1n) is 4.58. The molecule has 0 fully saturated rings. The van der Waals surface area contributed by atoms with Crippen LogP contribution in [0.15, 0.2) is 23.5 Å². The van der Waals surface area contributed by atoms with Crippen molar-refractivity contribution in [3.05, 3.63) is 23.5 Å². The summed E-state index contributed by atoms with van der Waals surface area (Å²) in [6, 6.07) is 0. The number of cyclic esters (lactones) is 1. The Bertz CT molecular complexity index is 316. The van der Waals surface area contributed by atoms with Crippen molar-refractivity contribution < 1.29 is 19.4 Å². The minimum atomic E-state index is -0.368. The molecule has 4 heteroatoms. The smallest absolute Gasteiger partial charge is 0.341 e. The molecule has 0 aromatic rings. The fraction of sp³-hybridized carbons (Fsp3) is 0.500. The number of hydrogen-bond acceptors (Lipinski definition) is 4. The Balaban J connectivity index is 2.37. The van der Waals surface area contributed by atoms with Gasteiger partial charge in [0, 0.05) is 5.92 Å². The standard InChI is InChI=1S/C10H12O4/c1-6-8(4-11)7-2-3-13-10(12)9(7)5-14-6/h2,5-6,8,11H,3-4H2,1H3. The lowest BCUT2D eigenvalue weighted by Crippen LogP contribution is -2.33. The van der Waals surface area contributed by atoms with Crippen molar-refractivity contribution >= 4 is 5.97 Å². The first kappa shape index (κ1) is 9.27. The number of ether oxygens (including phenoxy) is 2. The molecule has 0 aromatic heterocycles. The van der Waals surface area contributed by atoms with Crippen LogP contribution < -0.4 is 0 Å². The minimum Gasteiger partial charge on any atom is -0.497 e. The Morgan fingerprint density at radius 2 is 2.43 bits per heavy atom. The van der Waals surface area contributed by atoms with Gasteiger partial charge in [0.2, 0.25) is 0 Å². The Labute approximate surface area is 81.8 Å². The van der Waals surface area contributed by atoms with E-state index in [2.05, 4.69) is 0 Å². The van der Waals surface area contributed by atoms with Crippen LogP contribution in [-0.2, 0) is 14.3 Å². The number of fused-ring (bicyclic) bond motifs is 1. The van der Waals surface area contributed by atoms with Gasteiger partial charge in [0.25, 0.3) is 0 Å². The van der Waals surface area contributed by atoms with E-state index in [1.807, 2.05) is 13.0 Å². The van der Waals surface area contributed by atoms with Crippen LogP contribution in [0.1, 0.15) is 6.92 Å². The second-order valence-corrected chi connectivity index (χ2v) is 3.42. The van der Waals surface area contributed by atoms with E-state index in [1.165, 1.54) is 6.26 Å². The van der Waals surface area contributed by atoms with Gasteiger partial charge in [0.05, 0.1) is 18.4 Å². The number of hydrogen-bond donors (Lipinski definition) is 1. The molecule has 0 saturated carbocycles. The summed E-state index contributed by atoms with van der Waals surface area (Å²) in [5.41, 5.74) is 1.29. The Morgan fingerprint density at radius 3 is 3.14 bits per heavy atom. The number of rotatable bonds is 1. The highest BCUT2D eigenvalue weighted by molar-refractivity contribution is 5.94. The lowest BCUT2D eigenvalue weighted by Gasteiger charge is -2.31. The largest absolute Gasteiger partial charge is 0.497 e. The number of esters is 1. The molecular weight excluding hydrogens is 184 g/mol. The highest BCUT2D eigenvalue weighted by atomic mass is 16.5. The van der Waals surface area contributed by atoms with E-state index in [0.717, 1.165) is 5.57 Å². The molecule has 0 amide bonds. The van der Waals surface area contributed by atoms with Gasteiger partial charge >= 0.3 is 5.97 Å². The fourth-order valence-corrected chi connectivity index (χ4v) is 1.75. The van der Waals surface area contributed by atoms with Crippen LogP contribution in [0.4, 0.5) is 0 Å². The highest BCUT2D eigenvalue weighted by Crippen LogP contribution is 2.32. The summed E-state index contributed by atoms with van der Waals surface area (Å²) >= 11 is 0. The molecule has 4 nitrogen and oxygen atoms in total. The number of aliphatic hydroxyl groups excluding tert-OH is 1. The Morgan fingerprint density at radius 1 is 1.64 bits per heavy atom. The third kappa shape index (κ3) is 1.32. The van der Waals surface area contributed by atoms with Crippen LogP contribution >= 0.6 is 0 Å². The van der Waals surface area contributed by atoms with Gasteiger partial charge in [-0.15, -0.1) is 0 Å². The average Bonchev–Trinajstić information content (AvgIpc) is 2.18. The van der Waals surface area contributed by atoms with Crippen molar-refractivity contribution in [1.29, 1.82) is 0 Å². The molecule has 14 heavy (non-hydrogen) atoms. The van der Waals surface area contributed by atoms with Gasteiger partial charge < -0.3 is 14.6 Å². The summed E-state index contributed by atoms with van der Waals surface area (Å²) in [7, 11) is 0. The predicted molar refractivity (Wildman–Crippen MR) is 48.2 cm³/mol. The van der Waals surface area contributed by atoms with E-state index in [0.29, 0.717) is 5.57 Å². The van der Waals surface area contributed by atoms with E-state index in [1.54, 1.807) is 0 Å². The van der Waals surface area contributed by atoms with Gasteiger partial charge in [-0.05, 0) is 18.6 Å². The number of aliphatic hydroxyl groups is 1. The van der Waals surface area contributed by atoms with E-state index in [9.17, 15) is 9.90 Å². The van der Waals surface area contributed by atoms with Gasteiger partial charge in [-0.2, -0.15) is 0 Å². The normalized spacial score (nSPS) is 30.9. The van der Waals surface area contributed by atoms with Crippen molar-refractivity contribution in [3.63, 3.8) is 0 Å². The zero-order valence-corrected chi connectivity index (χ0v) is 7.90. The van der Waals surface area contributed by atoms with Crippen molar-refractivity contribution in [2.75, 3.05) is 13.2 Å². The molecule has 2 heterocycles. The van der Waals surface area contributed by atoms with Gasteiger partial charge in [-0.25, -0.2) is 4.79 Å². The summed E-state index contributed by atoms with van der Waals surface area (Å²) in [5.74, 6) is -0.490. The Kier molecular flexibility index (Phi) is 2.29. The molecule has 2 aliphatic rings. The maximum atomic E-state index is 11.3. The predicted octanol–water partition coefficient (Wildman–Crippen LogP) is 0.381. The maximum absolute atomic E-state index is 11.3. The molecule has 0 aliphatic carbocycles. The van der Waals surface area contributed by atoms with Crippen molar-refractivity contribution in [3.8, 4) is 0 Å². The number of carbonyl (C=O) groups excluding carboxylic acids is 1. The summed E-state index contributed by atoms with van der Waals surface area (Å²) in [4.78, 5) is 11.3. The van der Waals surface area contributed by atoms with Crippen molar-refractivity contribution in [2.45, 2.75) is 13.0 Å². The summed E-state index contributed by atoms with van der Waals surface area (Å²) in [5, 5.41) is 9.19. The monoisotopic (exact) mass is 196 g/mol. The SMILES string of the molecule is CC1OC=C2C(=O)OCC=C2C1CO. The first-order chi connectivity index (χ1) is 6.74. The maximum Gasteiger partial charge on any atom is 0.341 e. The molecule has 0 spiro atoms. The summed E-state index contributed by atoms with van der Waals surface area (Å²) < 4.78 is 10.1. The van der Waals surface area contributed by atoms with E-state index in [-0.39, 0.29) is 31.2 Å². The lowest BCUT2D eigenvalue weighted by molar-refractivity contribution is -0.139. The van der Waals surface area contributed by atoms with Crippen LogP contribution in [0, 0.1) is 5.92 Å². The third-order valence-corrected chi connectivity index (χ3v) is 2.61. The molecule has 2 atom stereocenters. The van der Waals surface area contributed by atoms with E-state index in [4.69, 9.17) is 9.47 Å². The van der Waals surface area contributed by atoms with Gasteiger partial charge in [-0.3, -0.25) is 0 Å². The second-order valence-electron chi connectivity index (χ2n) is 3.42. The molecular formula is C10H12O4. The molecule has 2 unspecified atom stereocenters. The third-order valence-electron chi connectivity index (χ3n) is 2.61.